The van der Waals surface area contributed by atoms with Gasteiger partial charge in [0.2, 0.25) is 0 Å². The van der Waals surface area contributed by atoms with Gasteiger partial charge in [0.1, 0.15) is 0 Å². The number of hydrogen-bond donors (Lipinski definition) is 1. The number of carbonyl (C=O) groups is 1. The van der Waals surface area contributed by atoms with Gasteiger partial charge in [-0.15, -0.1) is 23.5 Å². The van der Waals surface area contributed by atoms with Gasteiger partial charge in [-0.05, 0) is 28.8 Å². The highest BCUT2D eigenvalue weighted by molar-refractivity contribution is 8.19. The predicted octanol–water partition coefficient (Wildman–Crippen LogP) is 4.34. The molecule has 4 rings (SSSR count). The zero-order chi connectivity index (χ0) is 18.5. The molecule has 1 aromatic heterocycles. The summed E-state index contributed by atoms with van der Waals surface area (Å²) < 4.78 is 2.54. The number of aromatic nitrogens is 2. The maximum absolute atomic E-state index is 12.5. The van der Waals surface area contributed by atoms with Crippen LogP contribution in [-0.2, 0) is 13.1 Å². The molecule has 1 fully saturated rings. The normalized spacial score (nSPS) is 14.4. The molecule has 0 radical (unpaired) electrons. The largest absolute Gasteiger partial charge is 0.348 e. The highest BCUT2D eigenvalue weighted by atomic mass is 32.2. The quantitative estimate of drug-likeness (QED) is 0.674. The minimum Gasteiger partial charge on any atom is -0.348 e. The Balaban J connectivity index is 1.39. The van der Waals surface area contributed by atoms with Crippen LogP contribution in [0.1, 0.15) is 31.6 Å². The van der Waals surface area contributed by atoms with Crippen molar-refractivity contribution in [2.75, 3.05) is 11.5 Å². The van der Waals surface area contributed by atoms with E-state index in [1.54, 1.807) is 12.5 Å². The average Bonchev–Trinajstić information content (AvgIpc) is 3.41. The topological polar surface area (TPSA) is 46.9 Å². The number of carbonyl (C=O) groups excluding carboxylic acids is 1. The van der Waals surface area contributed by atoms with Crippen LogP contribution in [0.2, 0.25) is 0 Å². The molecule has 138 valence electrons. The zero-order valence-corrected chi connectivity index (χ0v) is 16.5. The average molecular weight is 396 g/mol. The van der Waals surface area contributed by atoms with E-state index in [1.165, 1.54) is 22.6 Å². The summed E-state index contributed by atoms with van der Waals surface area (Å²) in [5, 5.41) is 3.05. The molecule has 0 spiro atoms. The van der Waals surface area contributed by atoms with Gasteiger partial charge in [0.05, 0.1) is 10.9 Å². The molecule has 0 unspecified atom stereocenters. The minimum atomic E-state index is -0.0364. The Bertz CT molecular complexity index is 888. The van der Waals surface area contributed by atoms with Crippen LogP contribution in [0.25, 0.3) is 0 Å². The van der Waals surface area contributed by atoms with Gasteiger partial charge in [-0.3, -0.25) is 4.79 Å². The van der Waals surface area contributed by atoms with Crippen molar-refractivity contribution in [3.8, 4) is 0 Å². The number of nitrogens with one attached hydrogen (secondary N) is 1. The second-order valence-electron chi connectivity index (χ2n) is 6.38. The third-order valence-corrected chi connectivity index (χ3v) is 7.64. The molecule has 0 bridgehead atoms. The molecule has 0 aliphatic carbocycles. The van der Waals surface area contributed by atoms with E-state index in [9.17, 15) is 4.79 Å². The Morgan fingerprint density at radius 1 is 1.07 bits per heavy atom. The lowest BCUT2D eigenvalue weighted by molar-refractivity contribution is 0.0951. The molecule has 1 aliphatic heterocycles. The fourth-order valence-electron chi connectivity index (χ4n) is 3.08. The number of hydrogen-bond acceptors (Lipinski definition) is 4. The molecule has 0 atom stereocenters. The van der Waals surface area contributed by atoms with Crippen LogP contribution in [0.5, 0.6) is 0 Å². The van der Waals surface area contributed by atoms with Crippen LogP contribution >= 0.6 is 23.5 Å². The fraction of sp³-hybridized carbons (Fsp3) is 0.238. The lowest BCUT2D eigenvalue weighted by Crippen LogP contribution is -2.23. The first-order valence-corrected chi connectivity index (χ1v) is 11.0. The lowest BCUT2D eigenvalue weighted by atomic mass is 10.1. The first-order chi connectivity index (χ1) is 13.3. The van der Waals surface area contributed by atoms with Crippen LogP contribution in [0, 0.1) is 0 Å². The Morgan fingerprint density at radius 3 is 2.52 bits per heavy atom. The highest BCUT2D eigenvalue weighted by Gasteiger charge is 2.18. The number of nitrogens with zero attached hydrogens (tertiary/aromatic N) is 2. The van der Waals surface area contributed by atoms with Crippen molar-refractivity contribution in [3.05, 3.63) is 89.5 Å². The van der Waals surface area contributed by atoms with Gasteiger partial charge >= 0.3 is 0 Å². The fourth-order valence-corrected chi connectivity index (χ4v) is 5.94. The van der Waals surface area contributed by atoms with E-state index in [0.29, 0.717) is 16.7 Å². The summed E-state index contributed by atoms with van der Waals surface area (Å²) in [7, 11) is 0. The molecule has 2 heterocycles. The molecule has 1 aliphatic rings. The summed E-state index contributed by atoms with van der Waals surface area (Å²) in [6.45, 7) is 1.26. The first-order valence-electron chi connectivity index (χ1n) is 8.93. The molecular formula is C21H21N3OS2. The number of benzene rings is 2. The van der Waals surface area contributed by atoms with Crippen molar-refractivity contribution in [3.63, 3.8) is 0 Å². The van der Waals surface area contributed by atoms with E-state index in [-0.39, 0.29) is 5.91 Å². The molecule has 6 heteroatoms. The molecule has 2 aromatic carbocycles. The molecule has 4 nitrogen and oxygen atoms in total. The number of imidazole rings is 1. The van der Waals surface area contributed by atoms with Crippen LogP contribution in [-0.4, -0.2) is 27.0 Å². The van der Waals surface area contributed by atoms with Gasteiger partial charge in [-0.25, -0.2) is 4.98 Å². The van der Waals surface area contributed by atoms with E-state index in [1.807, 2.05) is 58.6 Å². The maximum atomic E-state index is 12.5. The van der Waals surface area contributed by atoms with E-state index in [4.69, 9.17) is 0 Å². The third-order valence-electron chi connectivity index (χ3n) is 4.54. The Labute approximate surface area is 167 Å². The second-order valence-corrected chi connectivity index (χ2v) is 9.11. The summed E-state index contributed by atoms with van der Waals surface area (Å²) in [5.74, 6) is 2.37. The number of thioether (sulfide) groups is 2. The maximum Gasteiger partial charge on any atom is 0.251 e. The smallest absolute Gasteiger partial charge is 0.251 e. The van der Waals surface area contributed by atoms with Crippen molar-refractivity contribution >= 4 is 29.4 Å². The molecule has 0 saturated carbocycles. The Morgan fingerprint density at radius 2 is 1.81 bits per heavy atom. The number of amides is 1. The van der Waals surface area contributed by atoms with Gasteiger partial charge in [0.15, 0.2) is 0 Å². The SMILES string of the molecule is O=C(NCc1ccccc1Cn1ccnc1)c1ccc(C2SCCS2)cc1. The standard InChI is InChI=1S/C21H21N3OS2/c25-20(16-5-7-17(8-6-16)21-26-11-12-27-21)23-13-18-3-1-2-4-19(18)14-24-10-9-22-15-24/h1-10,15,21H,11-14H2,(H,23,25). The van der Waals surface area contributed by atoms with Crippen molar-refractivity contribution in [2.45, 2.75) is 17.7 Å². The predicted molar refractivity (Wildman–Crippen MR) is 113 cm³/mol. The molecule has 3 aromatic rings. The summed E-state index contributed by atoms with van der Waals surface area (Å²) in [6, 6.07) is 16.2. The van der Waals surface area contributed by atoms with Gasteiger partial charge in [-0.2, -0.15) is 0 Å². The van der Waals surface area contributed by atoms with Gasteiger partial charge in [0, 0.05) is 42.6 Å². The van der Waals surface area contributed by atoms with Crippen LogP contribution in [0.3, 0.4) is 0 Å². The second kappa shape index (κ2) is 8.67. The summed E-state index contributed by atoms with van der Waals surface area (Å²) in [4.78, 5) is 16.6. The Hall–Kier alpha value is -2.18. The van der Waals surface area contributed by atoms with Gasteiger partial charge in [-0.1, -0.05) is 36.4 Å². The van der Waals surface area contributed by atoms with Gasteiger partial charge in [0.25, 0.3) is 5.91 Å². The monoisotopic (exact) mass is 395 g/mol. The van der Waals surface area contributed by atoms with Crippen LogP contribution in [0.4, 0.5) is 0 Å². The van der Waals surface area contributed by atoms with Crippen molar-refractivity contribution in [1.82, 2.24) is 14.9 Å². The van der Waals surface area contributed by atoms with E-state index < -0.39 is 0 Å². The minimum absolute atomic E-state index is 0.0364. The lowest BCUT2D eigenvalue weighted by Gasteiger charge is -2.12. The Kier molecular flexibility index (Phi) is 5.84. The summed E-state index contributed by atoms with van der Waals surface area (Å²) in [6.07, 6.45) is 5.52. The van der Waals surface area contributed by atoms with Crippen LogP contribution in [0.15, 0.2) is 67.3 Å². The van der Waals surface area contributed by atoms with E-state index in [0.717, 1.165) is 12.1 Å². The third kappa shape index (κ3) is 4.57. The molecule has 1 saturated heterocycles. The van der Waals surface area contributed by atoms with Crippen molar-refractivity contribution in [1.29, 1.82) is 0 Å². The molecule has 27 heavy (non-hydrogen) atoms. The van der Waals surface area contributed by atoms with Crippen LogP contribution < -0.4 is 5.32 Å². The van der Waals surface area contributed by atoms with Crippen molar-refractivity contribution in [2.24, 2.45) is 0 Å². The van der Waals surface area contributed by atoms with E-state index >= 15 is 0 Å². The first kappa shape index (κ1) is 18.2. The zero-order valence-electron chi connectivity index (χ0n) is 14.9. The van der Waals surface area contributed by atoms with E-state index in [2.05, 4.69) is 34.6 Å². The van der Waals surface area contributed by atoms with Gasteiger partial charge < -0.3 is 9.88 Å². The molecular weight excluding hydrogens is 374 g/mol. The summed E-state index contributed by atoms with van der Waals surface area (Å²) >= 11 is 3.95. The molecule has 1 N–H and O–H groups in total. The summed E-state index contributed by atoms with van der Waals surface area (Å²) in [5.41, 5.74) is 4.31. The highest BCUT2D eigenvalue weighted by Crippen LogP contribution is 2.45. The number of rotatable bonds is 6. The van der Waals surface area contributed by atoms with Crippen molar-refractivity contribution < 1.29 is 4.79 Å². The molecule has 1 amide bonds.